The lowest BCUT2D eigenvalue weighted by molar-refractivity contribution is 0.0598. The van der Waals surface area contributed by atoms with Crippen LogP contribution in [0.2, 0.25) is 0 Å². The van der Waals surface area contributed by atoms with E-state index in [1.54, 1.807) is 0 Å². The van der Waals surface area contributed by atoms with Gasteiger partial charge in [0.25, 0.3) is 0 Å². The molecule has 1 heterocycles. The Morgan fingerprint density at radius 3 is 2.48 bits per heavy atom. The third-order valence-corrected chi connectivity index (χ3v) is 4.93. The minimum Gasteiger partial charge on any atom is -0.378 e. The second-order valence-corrected chi connectivity index (χ2v) is 7.82. The normalized spacial score (nSPS) is 26.3. The number of benzene rings is 1. The molecule has 1 aromatic carbocycles. The highest BCUT2D eigenvalue weighted by atomic mass is 16.5. The predicted molar refractivity (Wildman–Crippen MR) is 89.8 cm³/mol. The maximum atomic E-state index is 5.92. The van der Waals surface area contributed by atoms with Crippen molar-refractivity contribution in [3.8, 4) is 0 Å². The Hall–Kier alpha value is -0.860. The fourth-order valence-electron chi connectivity index (χ4n) is 3.11. The van der Waals surface area contributed by atoms with Gasteiger partial charge < -0.3 is 10.1 Å². The summed E-state index contributed by atoms with van der Waals surface area (Å²) in [5.41, 5.74) is 4.56. The Balaban J connectivity index is 2.18. The summed E-state index contributed by atoms with van der Waals surface area (Å²) in [7, 11) is 0. The average Bonchev–Trinajstić information content (AvgIpc) is 2.73. The summed E-state index contributed by atoms with van der Waals surface area (Å²) in [6, 6.07) is 6.88. The second-order valence-electron chi connectivity index (χ2n) is 7.82. The molecule has 21 heavy (non-hydrogen) atoms. The number of nitrogens with one attached hydrogen (secondary N) is 1. The molecule has 1 aliphatic heterocycles. The Bertz CT molecular complexity index is 489. The van der Waals surface area contributed by atoms with Gasteiger partial charge in [0, 0.05) is 24.1 Å². The predicted octanol–water partition coefficient (Wildman–Crippen LogP) is 4.03. The van der Waals surface area contributed by atoms with E-state index in [0.717, 1.165) is 26.0 Å². The minimum atomic E-state index is 0.151. The fourth-order valence-corrected chi connectivity index (χ4v) is 3.11. The van der Waals surface area contributed by atoms with Crippen molar-refractivity contribution >= 4 is 0 Å². The Morgan fingerprint density at radius 1 is 1.24 bits per heavy atom. The molecule has 1 N–H and O–H groups in total. The molecule has 0 radical (unpaired) electrons. The molecule has 1 fully saturated rings. The molecule has 1 aliphatic rings. The monoisotopic (exact) mass is 289 g/mol. The molecule has 2 unspecified atom stereocenters. The van der Waals surface area contributed by atoms with E-state index in [1.165, 1.54) is 16.7 Å². The summed E-state index contributed by atoms with van der Waals surface area (Å²) >= 11 is 0. The smallest absolute Gasteiger partial charge is 0.0619 e. The molecule has 0 bridgehead atoms. The molecule has 2 heteroatoms. The van der Waals surface area contributed by atoms with Crippen LogP contribution in [0.5, 0.6) is 0 Å². The molecular weight excluding hydrogens is 258 g/mol. The van der Waals surface area contributed by atoms with Gasteiger partial charge in [0.1, 0.15) is 0 Å². The van der Waals surface area contributed by atoms with E-state index in [9.17, 15) is 0 Å². The van der Waals surface area contributed by atoms with Crippen molar-refractivity contribution in [2.24, 2.45) is 5.41 Å². The zero-order valence-corrected chi connectivity index (χ0v) is 14.5. The first kappa shape index (κ1) is 16.5. The van der Waals surface area contributed by atoms with Crippen molar-refractivity contribution in [2.75, 3.05) is 13.2 Å². The summed E-state index contributed by atoms with van der Waals surface area (Å²) < 4.78 is 5.92. The van der Waals surface area contributed by atoms with E-state index < -0.39 is 0 Å². The number of ether oxygens (including phenoxy) is 1. The highest BCUT2D eigenvalue weighted by Crippen LogP contribution is 2.38. The Kier molecular flexibility index (Phi) is 4.79. The van der Waals surface area contributed by atoms with Crippen molar-refractivity contribution in [2.45, 2.75) is 66.0 Å². The zero-order chi connectivity index (χ0) is 15.7. The van der Waals surface area contributed by atoms with E-state index >= 15 is 0 Å². The van der Waals surface area contributed by atoms with Gasteiger partial charge in [-0.3, -0.25) is 0 Å². The van der Waals surface area contributed by atoms with Crippen LogP contribution in [-0.2, 0) is 11.2 Å². The SMILES string of the molecule is Cc1ccc(CC2(CNC(C)(C)C)CCOC2C)cc1C. The lowest BCUT2D eigenvalue weighted by Crippen LogP contribution is -2.47. The maximum absolute atomic E-state index is 5.92. The van der Waals surface area contributed by atoms with Gasteiger partial charge in [0.15, 0.2) is 0 Å². The highest BCUT2D eigenvalue weighted by molar-refractivity contribution is 5.31. The topological polar surface area (TPSA) is 21.3 Å². The summed E-state index contributed by atoms with van der Waals surface area (Å²) in [5.74, 6) is 0. The minimum absolute atomic E-state index is 0.151. The van der Waals surface area contributed by atoms with E-state index in [0.29, 0.717) is 6.10 Å². The van der Waals surface area contributed by atoms with Crippen LogP contribution in [0.1, 0.15) is 50.8 Å². The molecule has 0 saturated carbocycles. The molecule has 0 aromatic heterocycles. The first-order chi connectivity index (χ1) is 9.72. The van der Waals surface area contributed by atoms with E-state index in [2.05, 4.69) is 65.1 Å². The van der Waals surface area contributed by atoms with Gasteiger partial charge in [-0.25, -0.2) is 0 Å². The fraction of sp³-hybridized carbons (Fsp3) is 0.684. The molecule has 1 saturated heterocycles. The van der Waals surface area contributed by atoms with E-state index in [-0.39, 0.29) is 11.0 Å². The molecule has 2 rings (SSSR count). The molecular formula is C19H31NO. The number of aryl methyl sites for hydroxylation is 2. The molecule has 2 atom stereocenters. The van der Waals surface area contributed by atoms with Crippen LogP contribution in [0.15, 0.2) is 18.2 Å². The first-order valence-corrected chi connectivity index (χ1v) is 8.15. The Morgan fingerprint density at radius 2 is 1.95 bits per heavy atom. The lowest BCUT2D eigenvalue weighted by atomic mass is 9.75. The van der Waals surface area contributed by atoms with Crippen molar-refractivity contribution < 1.29 is 4.74 Å². The lowest BCUT2D eigenvalue weighted by Gasteiger charge is -2.36. The first-order valence-electron chi connectivity index (χ1n) is 8.15. The van der Waals surface area contributed by atoms with Crippen molar-refractivity contribution in [1.82, 2.24) is 5.32 Å². The van der Waals surface area contributed by atoms with Gasteiger partial charge in [-0.05, 0) is 71.1 Å². The molecule has 0 spiro atoms. The van der Waals surface area contributed by atoms with Crippen molar-refractivity contribution in [1.29, 1.82) is 0 Å². The van der Waals surface area contributed by atoms with Gasteiger partial charge in [0.2, 0.25) is 0 Å². The standard InChI is InChI=1S/C19H31NO/c1-14-7-8-17(11-15(14)2)12-19(9-10-21-16(19)3)13-20-18(4,5)6/h7-8,11,16,20H,9-10,12-13H2,1-6H3. The third-order valence-electron chi connectivity index (χ3n) is 4.93. The molecule has 118 valence electrons. The van der Waals surface area contributed by atoms with Gasteiger partial charge in [-0.15, -0.1) is 0 Å². The molecule has 2 nitrogen and oxygen atoms in total. The molecule has 1 aromatic rings. The largest absolute Gasteiger partial charge is 0.378 e. The van der Waals surface area contributed by atoms with Crippen molar-refractivity contribution in [3.05, 3.63) is 34.9 Å². The van der Waals surface area contributed by atoms with Crippen LogP contribution in [0, 0.1) is 19.3 Å². The number of hydrogen-bond acceptors (Lipinski definition) is 2. The van der Waals surface area contributed by atoms with Crippen LogP contribution in [0.25, 0.3) is 0 Å². The maximum Gasteiger partial charge on any atom is 0.0619 e. The summed E-state index contributed by atoms with van der Waals surface area (Å²) in [5, 5.41) is 3.70. The summed E-state index contributed by atoms with van der Waals surface area (Å²) in [6.45, 7) is 15.2. The van der Waals surface area contributed by atoms with Crippen LogP contribution in [-0.4, -0.2) is 24.8 Å². The third kappa shape index (κ3) is 4.08. The van der Waals surface area contributed by atoms with Gasteiger partial charge in [-0.1, -0.05) is 18.2 Å². The van der Waals surface area contributed by atoms with Gasteiger partial charge >= 0.3 is 0 Å². The average molecular weight is 289 g/mol. The van der Waals surface area contributed by atoms with E-state index in [1.807, 2.05) is 0 Å². The van der Waals surface area contributed by atoms with E-state index in [4.69, 9.17) is 4.74 Å². The highest BCUT2D eigenvalue weighted by Gasteiger charge is 2.41. The zero-order valence-electron chi connectivity index (χ0n) is 14.5. The van der Waals surface area contributed by atoms with Crippen LogP contribution in [0.4, 0.5) is 0 Å². The summed E-state index contributed by atoms with van der Waals surface area (Å²) in [4.78, 5) is 0. The second kappa shape index (κ2) is 6.10. The number of hydrogen-bond donors (Lipinski definition) is 1. The van der Waals surface area contributed by atoms with Crippen LogP contribution >= 0.6 is 0 Å². The molecule has 0 aliphatic carbocycles. The van der Waals surface area contributed by atoms with Gasteiger partial charge in [-0.2, -0.15) is 0 Å². The quantitative estimate of drug-likeness (QED) is 0.903. The van der Waals surface area contributed by atoms with Gasteiger partial charge in [0.05, 0.1) is 6.10 Å². The van der Waals surface area contributed by atoms with Crippen LogP contribution in [0.3, 0.4) is 0 Å². The molecule has 0 amide bonds. The van der Waals surface area contributed by atoms with Crippen LogP contribution < -0.4 is 5.32 Å². The Labute approximate surface area is 130 Å². The number of rotatable bonds is 4. The van der Waals surface area contributed by atoms with Crippen molar-refractivity contribution in [3.63, 3.8) is 0 Å². The summed E-state index contributed by atoms with van der Waals surface area (Å²) in [6.07, 6.45) is 2.55.